The van der Waals surface area contributed by atoms with Crippen LogP contribution >= 0.6 is 23.2 Å². The van der Waals surface area contributed by atoms with E-state index in [9.17, 15) is 8.42 Å². The van der Waals surface area contributed by atoms with Gasteiger partial charge in [0, 0.05) is 17.6 Å². The van der Waals surface area contributed by atoms with Crippen LogP contribution in [0.2, 0.25) is 10.0 Å². The Balaban J connectivity index is 2.56. The van der Waals surface area contributed by atoms with Gasteiger partial charge in [0.2, 0.25) is 0 Å². The van der Waals surface area contributed by atoms with Crippen molar-refractivity contribution < 1.29 is 17.9 Å². The molecular formula is C16H17Cl2NO4S. The van der Waals surface area contributed by atoms with Crippen LogP contribution < -0.4 is 13.8 Å². The molecule has 0 unspecified atom stereocenters. The number of rotatable bonds is 6. The number of benzene rings is 2. The average molecular weight is 390 g/mol. The van der Waals surface area contributed by atoms with Crippen LogP contribution in [0.4, 0.5) is 5.69 Å². The fourth-order valence-corrected chi connectivity index (χ4v) is 4.47. The summed E-state index contributed by atoms with van der Waals surface area (Å²) in [6.07, 6.45) is 0. The lowest BCUT2D eigenvalue weighted by Crippen LogP contribution is -2.31. The fraction of sp³-hybridized carbons (Fsp3) is 0.250. The normalized spacial score (nSPS) is 11.2. The van der Waals surface area contributed by atoms with Crippen LogP contribution in [0.25, 0.3) is 0 Å². The van der Waals surface area contributed by atoms with E-state index in [0.717, 1.165) is 0 Å². The fourth-order valence-electron chi connectivity index (χ4n) is 2.26. The maximum absolute atomic E-state index is 13.0. The molecular weight excluding hydrogens is 373 g/mol. The molecule has 0 aliphatic heterocycles. The van der Waals surface area contributed by atoms with Gasteiger partial charge in [-0.3, -0.25) is 4.31 Å². The third-order valence-corrected chi connectivity index (χ3v) is 6.02. The Morgan fingerprint density at radius 2 is 1.67 bits per heavy atom. The summed E-state index contributed by atoms with van der Waals surface area (Å²) in [4.78, 5) is -0.0479. The van der Waals surface area contributed by atoms with Crippen molar-refractivity contribution in [3.05, 3.63) is 46.4 Å². The van der Waals surface area contributed by atoms with Crippen molar-refractivity contribution in [2.24, 2.45) is 0 Å². The number of methoxy groups -OCH3 is 2. The predicted molar refractivity (Wildman–Crippen MR) is 96.2 cm³/mol. The summed E-state index contributed by atoms with van der Waals surface area (Å²) in [5.74, 6) is 0.941. The zero-order chi connectivity index (χ0) is 17.9. The number of anilines is 1. The highest BCUT2D eigenvalue weighted by molar-refractivity contribution is 7.93. The molecule has 0 saturated carbocycles. The van der Waals surface area contributed by atoms with E-state index in [-0.39, 0.29) is 16.5 Å². The largest absolute Gasteiger partial charge is 0.493 e. The lowest BCUT2D eigenvalue weighted by molar-refractivity contribution is 0.355. The van der Waals surface area contributed by atoms with E-state index in [2.05, 4.69) is 0 Å². The molecule has 2 aromatic rings. The molecule has 0 N–H and O–H groups in total. The van der Waals surface area contributed by atoms with E-state index in [1.165, 1.54) is 36.7 Å². The molecule has 0 spiro atoms. The van der Waals surface area contributed by atoms with Gasteiger partial charge in [-0.05, 0) is 37.3 Å². The summed E-state index contributed by atoms with van der Waals surface area (Å²) in [5.41, 5.74) is 0.436. The topological polar surface area (TPSA) is 55.8 Å². The van der Waals surface area contributed by atoms with Gasteiger partial charge in [0.15, 0.2) is 11.5 Å². The van der Waals surface area contributed by atoms with Crippen LogP contribution in [-0.2, 0) is 10.0 Å². The Morgan fingerprint density at radius 3 is 2.25 bits per heavy atom. The average Bonchev–Trinajstić information content (AvgIpc) is 2.57. The van der Waals surface area contributed by atoms with Gasteiger partial charge in [-0.25, -0.2) is 8.42 Å². The molecule has 2 rings (SSSR count). The molecule has 0 bridgehead atoms. The molecule has 5 nitrogen and oxygen atoms in total. The first-order valence-corrected chi connectivity index (χ1v) is 9.24. The smallest absolute Gasteiger partial charge is 0.265 e. The van der Waals surface area contributed by atoms with Crippen LogP contribution in [0.3, 0.4) is 0 Å². The van der Waals surface area contributed by atoms with Crippen LogP contribution in [0.15, 0.2) is 41.3 Å². The summed E-state index contributed by atoms with van der Waals surface area (Å²) in [7, 11) is -0.883. The summed E-state index contributed by atoms with van der Waals surface area (Å²) < 4.78 is 37.6. The lowest BCUT2D eigenvalue weighted by Gasteiger charge is -2.24. The third kappa shape index (κ3) is 3.55. The molecule has 24 heavy (non-hydrogen) atoms. The van der Waals surface area contributed by atoms with Crippen LogP contribution in [0.1, 0.15) is 6.92 Å². The number of hydrogen-bond acceptors (Lipinski definition) is 4. The summed E-state index contributed by atoms with van der Waals surface area (Å²) in [6.45, 7) is 1.94. The first kappa shape index (κ1) is 18.7. The Morgan fingerprint density at radius 1 is 1.00 bits per heavy atom. The van der Waals surface area contributed by atoms with E-state index >= 15 is 0 Å². The van der Waals surface area contributed by atoms with Crippen molar-refractivity contribution >= 4 is 38.9 Å². The molecule has 130 valence electrons. The predicted octanol–water partition coefficient (Wildman–Crippen LogP) is 4.23. The Bertz CT molecular complexity index is 840. The van der Waals surface area contributed by atoms with E-state index in [1.54, 1.807) is 25.1 Å². The highest BCUT2D eigenvalue weighted by atomic mass is 35.5. The first-order chi connectivity index (χ1) is 11.3. The van der Waals surface area contributed by atoms with Gasteiger partial charge < -0.3 is 9.47 Å². The molecule has 0 aliphatic rings. The number of halogens is 2. The van der Waals surface area contributed by atoms with Crippen LogP contribution in [0.5, 0.6) is 11.5 Å². The molecule has 0 radical (unpaired) electrons. The maximum Gasteiger partial charge on any atom is 0.265 e. The second-order valence-corrected chi connectivity index (χ2v) is 7.46. The standard InChI is InChI=1S/C16H17Cl2NO4S/c1-4-19(12-6-8-14(22-2)15(10-12)23-3)24(20,21)16-9-11(17)5-7-13(16)18/h5-10H,4H2,1-3H3. The minimum Gasteiger partial charge on any atom is -0.493 e. The van der Waals surface area contributed by atoms with Gasteiger partial charge in [0.1, 0.15) is 4.90 Å². The molecule has 0 amide bonds. The molecule has 0 heterocycles. The summed E-state index contributed by atoms with van der Waals surface area (Å²) in [5, 5.41) is 0.402. The van der Waals surface area contributed by atoms with Gasteiger partial charge in [-0.15, -0.1) is 0 Å². The van der Waals surface area contributed by atoms with E-state index in [1.807, 2.05) is 0 Å². The second-order valence-electron chi connectivity index (χ2n) is 4.78. The van der Waals surface area contributed by atoms with Gasteiger partial charge in [0.05, 0.1) is 24.9 Å². The van der Waals surface area contributed by atoms with Crippen molar-refractivity contribution in [2.45, 2.75) is 11.8 Å². The van der Waals surface area contributed by atoms with Crippen molar-refractivity contribution in [3.8, 4) is 11.5 Å². The number of nitrogens with zero attached hydrogens (tertiary/aromatic N) is 1. The highest BCUT2D eigenvalue weighted by Crippen LogP contribution is 2.35. The Labute approximate surface area is 151 Å². The Kier molecular flexibility index (Phi) is 5.85. The zero-order valence-electron chi connectivity index (χ0n) is 13.4. The molecule has 2 aromatic carbocycles. The quantitative estimate of drug-likeness (QED) is 0.741. The number of ether oxygens (including phenoxy) is 2. The SMILES string of the molecule is CCN(c1ccc(OC)c(OC)c1)S(=O)(=O)c1cc(Cl)ccc1Cl. The van der Waals surface area contributed by atoms with E-state index < -0.39 is 10.0 Å². The van der Waals surface area contributed by atoms with Gasteiger partial charge in [0.25, 0.3) is 10.0 Å². The van der Waals surface area contributed by atoms with Crippen LogP contribution in [0, 0.1) is 0 Å². The molecule has 8 heteroatoms. The van der Waals surface area contributed by atoms with Crippen LogP contribution in [-0.4, -0.2) is 29.2 Å². The van der Waals surface area contributed by atoms with E-state index in [0.29, 0.717) is 22.2 Å². The van der Waals surface area contributed by atoms with Gasteiger partial charge in [-0.2, -0.15) is 0 Å². The Hall–Kier alpha value is -1.63. The van der Waals surface area contributed by atoms with Crippen molar-refractivity contribution in [2.75, 3.05) is 25.1 Å². The number of sulfonamides is 1. The maximum atomic E-state index is 13.0. The van der Waals surface area contributed by atoms with Gasteiger partial charge in [-0.1, -0.05) is 23.2 Å². The first-order valence-electron chi connectivity index (χ1n) is 7.05. The van der Waals surface area contributed by atoms with Crippen molar-refractivity contribution in [1.82, 2.24) is 0 Å². The molecule has 0 aliphatic carbocycles. The lowest BCUT2D eigenvalue weighted by atomic mass is 10.2. The minimum absolute atomic E-state index is 0.0479. The second kappa shape index (κ2) is 7.51. The number of hydrogen-bond donors (Lipinski definition) is 0. The molecule has 0 atom stereocenters. The molecule has 0 saturated heterocycles. The minimum atomic E-state index is -3.88. The monoisotopic (exact) mass is 389 g/mol. The highest BCUT2D eigenvalue weighted by Gasteiger charge is 2.27. The van der Waals surface area contributed by atoms with E-state index in [4.69, 9.17) is 32.7 Å². The molecule has 0 fully saturated rings. The third-order valence-electron chi connectivity index (χ3n) is 3.40. The van der Waals surface area contributed by atoms with Gasteiger partial charge >= 0.3 is 0 Å². The summed E-state index contributed by atoms with van der Waals surface area (Å²) in [6, 6.07) is 9.21. The molecule has 0 aromatic heterocycles. The summed E-state index contributed by atoms with van der Waals surface area (Å²) >= 11 is 12.0. The zero-order valence-corrected chi connectivity index (χ0v) is 15.7. The van der Waals surface area contributed by atoms with Crippen molar-refractivity contribution in [1.29, 1.82) is 0 Å². The van der Waals surface area contributed by atoms with Crippen molar-refractivity contribution in [3.63, 3.8) is 0 Å².